The molecule has 0 N–H and O–H groups in total. The van der Waals surface area contributed by atoms with Crippen molar-refractivity contribution in [3.8, 4) is 28.0 Å². The first-order valence-corrected chi connectivity index (χ1v) is 13.9. The highest BCUT2D eigenvalue weighted by molar-refractivity contribution is 5.94. The van der Waals surface area contributed by atoms with Gasteiger partial charge in [-0.3, -0.25) is 0 Å². The maximum Gasteiger partial charge on any atom is 0.386 e. The predicted molar refractivity (Wildman–Crippen MR) is 153 cm³/mol. The SMILES string of the molecule is CCCCCC[C@@H](C)Oc1ccc(-c2cc(C(=O)OOC(=O)[C@H](C)OCCC)ccc2-c2ccccc2)cc1. The van der Waals surface area contributed by atoms with Gasteiger partial charge in [-0.2, -0.15) is 0 Å². The van der Waals surface area contributed by atoms with Crippen LogP contribution in [0.4, 0.5) is 0 Å². The maximum absolute atomic E-state index is 12.8. The van der Waals surface area contributed by atoms with E-state index in [-0.39, 0.29) is 11.7 Å². The van der Waals surface area contributed by atoms with Gasteiger partial charge in [0.15, 0.2) is 6.10 Å². The molecule has 0 radical (unpaired) electrons. The molecule has 3 aromatic carbocycles. The Bertz CT molecular complexity index is 1170. The van der Waals surface area contributed by atoms with E-state index < -0.39 is 18.0 Å². The van der Waals surface area contributed by atoms with Gasteiger partial charge >= 0.3 is 11.9 Å². The Morgan fingerprint density at radius 1 is 0.744 bits per heavy atom. The van der Waals surface area contributed by atoms with Crippen LogP contribution in [0.1, 0.15) is 76.6 Å². The molecule has 6 heteroatoms. The number of unbranched alkanes of at least 4 members (excludes halogenated alkanes) is 3. The standard InChI is InChI=1S/C33H40O6/c1-5-7-8-10-13-24(3)37-29-19-16-27(17-20-29)31-23-28(18-21-30(31)26-14-11-9-12-15-26)33(35)39-38-32(34)25(4)36-22-6-2/h9,11-12,14-21,23-25H,5-8,10,13,22H2,1-4H3/t24-,25+/m1/s1. The third-order valence-electron chi connectivity index (χ3n) is 6.41. The summed E-state index contributed by atoms with van der Waals surface area (Å²) in [5.41, 5.74) is 4.01. The molecule has 2 atom stereocenters. The second kappa shape index (κ2) is 15.7. The van der Waals surface area contributed by atoms with Gasteiger partial charge in [-0.05, 0) is 79.6 Å². The van der Waals surface area contributed by atoms with Crippen molar-refractivity contribution in [2.45, 2.75) is 78.4 Å². The first-order chi connectivity index (χ1) is 18.9. The molecule has 6 nitrogen and oxygen atoms in total. The molecule has 3 aromatic rings. The summed E-state index contributed by atoms with van der Waals surface area (Å²) in [5.74, 6) is -0.707. The summed E-state index contributed by atoms with van der Waals surface area (Å²) in [5, 5.41) is 0. The molecule has 39 heavy (non-hydrogen) atoms. The van der Waals surface area contributed by atoms with Crippen molar-refractivity contribution in [3.63, 3.8) is 0 Å². The van der Waals surface area contributed by atoms with Crippen molar-refractivity contribution < 1.29 is 28.8 Å². The third-order valence-corrected chi connectivity index (χ3v) is 6.41. The quantitative estimate of drug-likeness (QED) is 0.118. The molecular formula is C33H40O6. The van der Waals surface area contributed by atoms with E-state index in [9.17, 15) is 9.59 Å². The number of benzene rings is 3. The van der Waals surface area contributed by atoms with Crippen molar-refractivity contribution in [2.75, 3.05) is 6.61 Å². The van der Waals surface area contributed by atoms with Gasteiger partial charge in [0.1, 0.15) is 5.75 Å². The Labute approximate surface area is 232 Å². The molecule has 0 heterocycles. The molecule has 0 spiro atoms. The maximum atomic E-state index is 12.8. The summed E-state index contributed by atoms with van der Waals surface area (Å²) < 4.78 is 11.4. The fourth-order valence-corrected chi connectivity index (χ4v) is 4.20. The summed E-state index contributed by atoms with van der Waals surface area (Å²) in [6, 6.07) is 23.1. The number of rotatable bonds is 14. The molecule has 0 aliphatic heterocycles. The molecule has 0 saturated heterocycles. The van der Waals surface area contributed by atoms with E-state index in [0.717, 1.165) is 47.3 Å². The molecular weight excluding hydrogens is 492 g/mol. The highest BCUT2D eigenvalue weighted by Gasteiger charge is 2.20. The lowest BCUT2D eigenvalue weighted by molar-refractivity contribution is -0.242. The van der Waals surface area contributed by atoms with Crippen LogP contribution in [0.3, 0.4) is 0 Å². The lowest BCUT2D eigenvalue weighted by Gasteiger charge is -2.16. The Balaban J connectivity index is 1.77. The van der Waals surface area contributed by atoms with Crippen molar-refractivity contribution in [1.29, 1.82) is 0 Å². The highest BCUT2D eigenvalue weighted by Crippen LogP contribution is 2.34. The second-order valence-corrected chi connectivity index (χ2v) is 9.71. The molecule has 0 amide bonds. The minimum Gasteiger partial charge on any atom is -0.491 e. The number of carbonyl (C=O) groups excluding carboxylic acids is 2. The van der Waals surface area contributed by atoms with E-state index in [0.29, 0.717) is 6.61 Å². The van der Waals surface area contributed by atoms with Gasteiger partial charge < -0.3 is 9.47 Å². The van der Waals surface area contributed by atoms with Crippen molar-refractivity contribution in [3.05, 3.63) is 78.4 Å². The van der Waals surface area contributed by atoms with Crippen LogP contribution in [0, 0.1) is 0 Å². The monoisotopic (exact) mass is 532 g/mol. The molecule has 0 aromatic heterocycles. The van der Waals surface area contributed by atoms with Crippen LogP contribution in [0.5, 0.6) is 5.75 Å². The van der Waals surface area contributed by atoms with Gasteiger partial charge in [-0.25, -0.2) is 19.4 Å². The normalized spacial score (nSPS) is 12.4. The van der Waals surface area contributed by atoms with E-state index in [2.05, 4.69) is 13.8 Å². The minimum absolute atomic E-state index is 0.142. The molecule has 0 bridgehead atoms. The van der Waals surface area contributed by atoms with E-state index in [1.165, 1.54) is 19.3 Å². The third kappa shape index (κ3) is 9.25. The summed E-state index contributed by atoms with van der Waals surface area (Å²) in [6.07, 6.45) is 5.98. The summed E-state index contributed by atoms with van der Waals surface area (Å²) in [7, 11) is 0. The molecule has 0 unspecified atom stereocenters. The number of hydrogen-bond donors (Lipinski definition) is 0. The summed E-state index contributed by atoms with van der Waals surface area (Å²) in [6.45, 7) is 8.22. The average molecular weight is 533 g/mol. The molecule has 0 saturated carbocycles. The second-order valence-electron chi connectivity index (χ2n) is 9.71. The van der Waals surface area contributed by atoms with Gasteiger partial charge in [-0.1, -0.05) is 81.6 Å². The van der Waals surface area contributed by atoms with Gasteiger partial charge in [0.05, 0.1) is 11.7 Å². The van der Waals surface area contributed by atoms with Crippen molar-refractivity contribution in [2.24, 2.45) is 0 Å². The zero-order valence-corrected chi connectivity index (χ0v) is 23.5. The zero-order valence-electron chi connectivity index (χ0n) is 23.5. The number of hydrogen-bond acceptors (Lipinski definition) is 6. The lowest BCUT2D eigenvalue weighted by Crippen LogP contribution is -2.25. The fourth-order valence-electron chi connectivity index (χ4n) is 4.20. The largest absolute Gasteiger partial charge is 0.491 e. The van der Waals surface area contributed by atoms with E-state index >= 15 is 0 Å². The smallest absolute Gasteiger partial charge is 0.386 e. The van der Waals surface area contributed by atoms with Crippen molar-refractivity contribution in [1.82, 2.24) is 0 Å². The zero-order chi connectivity index (χ0) is 28.0. The molecule has 3 rings (SSSR count). The van der Waals surface area contributed by atoms with E-state index in [1.54, 1.807) is 19.1 Å². The first-order valence-electron chi connectivity index (χ1n) is 13.9. The molecule has 0 aliphatic rings. The van der Waals surface area contributed by atoms with E-state index in [4.69, 9.17) is 19.2 Å². The fraction of sp³-hybridized carbons (Fsp3) is 0.394. The lowest BCUT2D eigenvalue weighted by atomic mass is 9.93. The molecule has 0 aliphatic carbocycles. The molecule has 208 valence electrons. The summed E-state index contributed by atoms with van der Waals surface area (Å²) in [4.78, 5) is 34.4. The average Bonchev–Trinajstić information content (AvgIpc) is 2.97. The molecule has 0 fully saturated rings. The van der Waals surface area contributed by atoms with Gasteiger partial charge in [0.2, 0.25) is 0 Å². The Morgan fingerprint density at radius 3 is 2.15 bits per heavy atom. The van der Waals surface area contributed by atoms with Crippen LogP contribution in [-0.4, -0.2) is 30.8 Å². The Kier molecular flexibility index (Phi) is 12.0. The Morgan fingerprint density at radius 2 is 1.46 bits per heavy atom. The van der Waals surface area contributed by atoms with E-state index in [1.807, 2.05) is 67.6 Å². The Hall–Kier alpha value is -3.64. The highest BCUT2D eigenvalue weighted by atomic mass is 17.2. The van der Waals surface area contributed by atoms with Crippen molar-refractivity contribution >= 4 is 11.9 Å². The number of carbonyl (C=O) groups is 2. The van der Waals surface area contributed by atoms with Crippen LogP contribution in [-0.2, 0) is 19.3 Å². The van der Waals surface area contributed by atoms with Crippen LogP contribution in [0.2, 0.25) is 0 Å². The van der Waals surface area contributed by atoms with Crippen LogP contribution in [0.25, 0.3) is 22.3 Å². The first kappa shape index (κ1) is 29.9. The number of ether oxygens (including phenoxy) is 2. The topological polar surface area (TPSA) is 71.1 Å². The van der Waals surface area contributed by atoms with Gasteiger partial charge in [0, 0.05) is 6.61 Å². The van der Waals surface area contributed by atoms with Crippen LogP contribution >= 0.6 is 0 Å². The van der Waals surface area contributed by atoms with Gasteiger partial charge in [-0.15, -0.1) is 0 Å². The van der Waals surface area contributed by atoms with Crippen LogP contribution < -0.4 is 4.74 Å². The predicted octanol–water partition coefficient (Wildman–Crippen LogP) is 8.19. The van der Waals surface area contributed by atoms with Crippen LogP contribution in [0.15, 0.2) is 72.8 Å². The summed E-state index contributed by atoms with van der Waals surface area (Å²) >= 11 is 0. The van der Waals surface area contributed by atoms with Gasteiger partial charge in [0.25, 0.3) is 0 Å². The minimum atomic E-state index is -0.825.